The summed E-state index contributed by atoms with van der Waals surface area (Å²) in [5.41, 5.74) is 5.83. The molecular weight excluding hydrogens is 222 g/mol. The molecule has 0 fully saturated rings. The molecule has 0 saturated carbocycles. The highest BCUT2D eigenvalue weighted by molar-refractivity contribution is 5.49. The largest absolute Gasteiger partial charge is 0.372 e. The first-order valence-electron chi connectivity index (χ1n) is 5.89. The van der Waals surface area contributed by atoms with Gasteiger partial charge >= 0.3 is 0 Å². The second kappa shape index (κ2) is 5.96. The van der Waals surface area contributed by atoms with Crippen molar-refractivity contribution in [1.82, 2.24) is 0 Å². The molecule has 1 atom stereocenters. The van der Waals surface area contributed by atoms with Crippen LogP contribution in [0, 0.1) is 17.6 Å². The van der Waals surface area contributed by atoms with Crippen molar-refractivity contribution in [2.75, 3.05) is 18.5 Å². The van der Waals surface area contributed by atoms with Crippen LogP contribution in [0.3, 0.4) is 0 Å². The van der Waals surface area contributed by atoms with Gasteiger partial charge in [-0.2, -0.15) is 0 Å². The smallest absolute Gasteiger partial charge is 0.182 e. The second-order valence-electron chi connectivity index (χ2n) is 4.47. The molecule has 96 valence electrons. The van der Waals surface area contributed by atoms with E-state index in [1.165, 1.54) is 0 Å². The predicted octanol–water partition coefficient (Wildman–Crippen LogP) is 2.91. The molecule has 0 aliphatic heterocycles. The Kier molecular flexibility index (Phi) is 4.87. The number of rotatable bonds is 5. The number of hydrogen-bond donors (Lipinski definition) is 1. The molecule has 1 aromatic rings. The normalized spacial score (nSPS) is 12.6. The maximum Gasteiger partial charge on any atom is 0.182 e. The first-order chi connectivity index (χ1) is 8.01. The maximum atomic E-state index is 13.8. The molecule has 2 nitrogen and oxygen atoms in total. The molecule has 2 N–H and O–H groups in total. The van der Waals surface area contributed by atoms with Gasteiger partial charge in [0.1, 0.15) is 0 Å². The third-order valence-electron chi connectivity index (χ3n) is 3.06. The minimum absolute atomic E-state index is 0.0120. The van der Waals surface area contributed by atoms with Crippen LogP contribution in [0.1, 0.15) is 25.8 Å². The van der Waals surface area contributed by atoms with Gasteiger partial charge < -0.3 is 10.6 Å². The average Bonchev–Trinajstić information content (AvgIpc) is 2.32. The number of benzene rings is 1. The summed E-state index contributed by atoms with van der Waals surface area (Å²) in [4.78, 5) is 1.74. The Morgan fingerprint density at radius 1 is 1.29 bits per heavy atom. The van der Waals surface area contributed by atoms with Gasteiger partial charge in [-0.3, -0.25) is 0 Å². The van der Waals surface area contributed by atoms with E-state index in [2.05, 4.69) is 13.8 Å². The summed E-state index contributed by atoms with van der Waals surface area (Å²) >= 11 is 0. The zero-order valence-corrected chi connectivity index (χ0v) is 10.6. The van der Waals surface area contributed by atoms with E-state index in [0.29, 0.717) is 18.2 Å². The van der Waals surface area contributed by atoms with Crippen LogP contribution in [0.4, 0.5) is 14.5 Å². The summed E-state index contributed by atoms with van der Waals surface area (Å²) in [5.74, 6) is -1.20. The van der Waals surface area contributed by atoms with Crippen LogP contribution < -0.4 is 10.6 Å². The van der Waals surface area contributed by atoms with Crippen molar-refractivity contribution in [3.63, 3.8) is 0 Å². The molecule has 0 bridgehead atoms. The molecular formula is C13H20F2N2. The van der Waals surface area contributed by atoms with Crippen LogP contribution in [-0.2, 0) is 6.54 Å². The zero-order chi connectivity index (χ0) is 13.0. The fourth-order valence-electron chi connectivity index (χ4n) is 1.73. The molecule has 0 aliphatic carbocycles. The van der Waals surface area contributed by atoms with Gasteiger partial charge in [0.2, 0.25) is 0 Å². The molecule has 0 aromatic heterocycles. The fourth-order valence-corrected chi connectivity index (χ4v) is 1.73. The molecule has 0 saturated heterocycles. The molecule has 0 spiro atoms. The summed E-state index contributed by atoms with van der Waals surface area (Å²) in [5, 5.41) is 0. The van der Waals surface area contributed by atoms with Crippen LogP contribution in [-0.4, -0.2) is 13.6 Å². The Labute approximate surface area is 101 Å². The zero-order valence-electron chi connectivity index (χ0n) is 10.6. The minimum Gasteiger partial charge on any atom is -0.372 e. The summed E-state index contributed by atoms with van der Waals surface area (Å²) in [6, 6.07) is 3.13. The number of nitrogens with two attached hydrogens (primary N) is 1. The monoisotopic (exact) mass is 242 g/mol. The Bertz CT molecular complexity index is 380. The van der Waals surface area contributed by atoms with Gasteiger partial charge in [-0.1, -0.05) is 26.3 Å². The van der Waals surface area contributed by atoms with Crippen molar-refractivity contribution in [2.45, 2.75) is 26.8 Å². The highest BCUT2D eigenvalue weighted by Gasteiger charge is 2.16. The molecule has 0 aliphatic rings. The van der Waals surface area contributed by atoms with E-state index in [0.717, 1.165) is 6.42 Å². The van der Waals surface area contributed by atoms with Gasteiger partial charge in [-0.25, -0.2) is 8.78 Å². The molecule has 17 heavy (non-hydrogen) atoms. The minimum atomic E-state index is -0.832. The van der Waals surface area contributed by atoms with E-state index in [-0.39, 0.29) is 12.1 Å². The first kappa shape index (κ1) is 13.9. The van der Waals surface area contributed by atoms with Gasteiger partial charge in [0.05, 0.1) is 5.69 Å². The average molecular weight is 242 g/mol. The lowest BCUT2D eigenvalue weighted by atomic mass is 10.1. The van der Waals surface area contributed by atoms with E-state index >= 15 is 0 Å². The van der Waals surface area contributed by atoms with Crippen molar-refractivity contribution in [3.05, 3.63) is 29.3 Å². The number of nitrogens with zero attached hydrogens (tertiary/aromatic N) is 1. The van der Waals surface area contributed by atoms with Gasteiger partial charge in [0.15, 0.2) is 11.6 Å². The maximum absolute atomic E-state index is 13.8. The third-order valence-corrected chi connectivity index (χ3v) is 3.06. The van der Waals surface area contributed by atoms with Crippen molar-refractivity contribution >= 4 is 5.69 Å². The summed E-state index contributed by atoms with van der Waals surface area (Å²) in [6.45, 7) is 4.87. The molecule has 1 aromatic carbocycles. The summed E-state index contributed by atoms with van der Waals surface area (Å²) < 4.78 is 27.3. The highest BCUT2D eigenvalue weighted by Crippen LogP contribution is 2.24. The first-order valence-corrected chi connectivity index (χ1v) is 5.89. The molecule has 1 rings (SSSR count). The quantitative estimate of drug-likeness (QED) is 0.860. The molecule has 0 heterocycles. The van der Waals surface area contributed by atoms with Crippen LogP contribution in [0.15, 0.2) is 12.1 Å². The van der Waals surface area contributed by atoms with Gasteiger partial charge in [-0.05, 0) is 12.0 Å². The Morgan fingerprint density at radius 3 is 2.47 bits per heavy atom. The van der Waals surface area contributed by atoms with E-state index in [1.54, 1.807) is 24.1 Å². The number of anilines is 1. The Balaban J connectivity index is 2.95. The van der Waals surface area contributed by atoms with Crippen molar-refractivity contribution in [1.29, 1.82) is 0 Å². The van der Waals surface area contributed by atoms with E-state index in [4.69, 9.17) is 5.73 Å². The second-order valence-corrected chi connectivity index (χ2v) is 4.47. The van der Waals surface area contributed by atoms with E-state index in [9.17, 15) is 8.78 Å². The number of halogens is 2. The fraction of sp³-hybridized carbons (Fsp3) is 0.538. The standard InChI is InChI=1S/C13H20F2N2/c1-4-9(2)8-17(3)11-6-5-10(7-16)12(14)13(11)15/h5-6,9H,4,7-8,16H2,1-3H3. The van der Waals surface area contributed by atoms with Crippen molar-refractivity contribution < 1.29 is 8.78 Å². The van der Waals surface area contributed by atoms with Crippen molar-refractivity contribution in [2.24, 2.45) is 11.7 Å². The molecule has 0 amide bonds. The highest BCUT2D eigenvalue weighted by atomic mass is 19.2. The van der Waals surface area contributed by atoms with Gasteiger partial charge in [0.25, 0.3) is 0 Å². The topological polar surface area (TPSA) is 29.3 Å². The Hall–Kier alpha value is -1.16. The lowest BCUT2D eigenvalue weighted by Crippen LogP contribution is -2.25. The molecule has 4 heteroatoms. The van der Waals surface area contributed by atoms with Gasteiger partial charge in [-0.15, -0.1) is 0 Å². The van der Waals surface area contributed by atoms with Gasteiger partial charge in [0, 0.05) is 25.7 Å². The van der Waals surface area contributed by atoms with Crippen LogP contribution >= 0.6 is 0 Å². The summed E-state index contributed by atoms with van der Waals surface area (Å²) in [7, 11) is 1.77. The van der Waals surface area contributed by atoms with Crippen LogP contribution in [0.2, 0.25) is 0 Å². The summed E-state index contributed by atoms with van der Waals surface area (Å²) in [6.07, 6.45) is 1.01. The lowest BCUT2D eigenvalue weighted by molar-refractivity contribution is 0.492. The van der Waals surface area contributed by atoms with E-state index < -0.39 is 11.6 Å². The molecule has 0 radical (unpaired) electrons. The SMILES string of the molecule is CCC(C)CN(C)c1ccc(CN)c(F)c1F. The lowest BCUT2D eigenvalue weighted by Gasteiger charge is -2.23. The van der Waals surface area contributed by atoms with Crippen molar-refractivity contribution in [3.8, 4) is 0 Å². The molecule has 1 unspecified atom stereocenters. The van der Waals surface area contributed by atoms with Crippen LogP contribution in [0.5, 0.6) is 0 Å². The predicted molar refractivity (Wildman–Crippen MR) is 67.0 cm³/mol. The van der Waals surface area contributed by atoms with E-state index in [1.807, 2.05) is 0 Å². The Morgan fingerprint density at radius 2 is 1.94 bits per heavy atom. The van der Waals surface area contributed by atoms with Crippen LogP contribution in [0.25, 0.3) is 0 Å². The third kappa shape index (κ3) is 3.16. The number of hydrogen-bond acceptors (Lipinski definition) is 2.